The first-order valence-electron chi connectivity index (χ1n) is 15.0. The molecule has 4 heterocycles. The van der Waals surface area contributed by atoms with Crippen LogP contribution in [0.4, 0.5) is 15.3 Å². The van der Waals surface area contributed by atoms with Gasteiger partial charge in [-0.25, -0.2) is 0 Å². The van der Waals surface area contributed by atoms with E-state index in [0.29, 0.717) is 34.1 Å². The van der Waals surface area contributed by atoms with Crippen molar-refractivity contribution in [2.45, 2.75) is 30.6 Å². The van der Waals surface area contributed by atoms with E-state index in [1.807, 2.05) is 53.4 Å². The molecule has 4 aromatic rings. The molecule has 7 rings (SSSR count). The Balaban J connectivity index is 1.25. The fraction of sp³-hybridized carbons (Fsp3) is 0.333. The zero-order valence-electron chi connectivity index (χ0n) is 25.4. The quantitative estimate of drug-likeness (QED) is 0.257. The first-order valence-corrected chi connectivity index (χ1v) is 17.3. The number of nitrogens with zero attached hydrogens (tertiary/aromatic N) is 4. The van der Waals surface area contributed by atoms with Gasteiger partial charge in [-0.3, -0.25) is 0 Å². The number of piperidine rings is 1. The Labute approximate surface area is 268 Å². The zero-order chi connectivity index (χ0) is 31.3. The number of rotatable bonds is 9. The molecule has 45 heavy (non-hydrogen) atoms. The number of ether oxygens (including phenoxy) is 2. The molecule has 2 bridgehead atoms. The van der Waals surface area contributed by atoms with Gasteiger partial charge < -0.3 is 4.74 Å². The van der Waals surface area contributed by atoms with E-state index < -0.39 is 21.8 Å². The molecule has 0 spiro atoms. The number of nitrogens with one attached hydrogen (secondary N) is 2. The van der Waals surface area contributed by atoms with Gasteiger partial charge in [-0.2, -0.15) is 0 Å². The number of benzene rings is 3. The van der Waals surface area contributed by atoms with E-state index >= 15 is 0 Å². The topological polar surface area (TPSA) is 118 Å². The van der Waals surface area contributed by atoms with Gasteiger partial charge in [0.1, 0.15) is 5.75 Å². The summed E-state index contributed by atoms with van der Waals surface area (Å²) < 4.78 is 11.8. The fourth-order valence-electron chi connectivity index (χ4n) is 5.93. The second-order valence-corrected chi connectivity index (χ2v) is 13.4. The Morgan fingerprint density at radius 3 is 2.33 bits per heavy atom. The number of hydrogen-bond donors (Lipinski definition) is 2. The van der Waals surface area contributed by atoms with Crippen LogP contribution < -0.4 is 20.1 Å². The van der Waals surface area contributed by atoms with E-state index in [9.17, 15) is 14.4 Å². The molecule has 1 radical (unpaired) electrons. The number of hydrogen-bond acceptors (Lipinski definition) is 7. The molecule has 11 nitrogen and oxygen atoms in total. The van der Waals surface area contributed by atoms with Crippen molar-refractivity contribution in [1.82, 2.24) is 24.9 Å². The number of anilines is 1. The Bertz CT molecular complexity index is 1720. The van der Waals surface area contributed by atoms with E-state index in [4.69, 9.17) is 9.47 Å². The molecule has 3 aromatic carbocycles. The van der Waals surface area contributed by atoms with Crippen molar-refractivity contribution < 1.29 is 23.9 Å². The summed E-state index contributed by atoms with van der Waals surface area (Å²) in [5, 5.41) is 11.7. The summed E-state index contributed by atoms with van der Waals surface area (Å²) in [7, 11) is 3.22. The molecule has 3 fully saturated rings. The van der Waals surface area contributed by atoms with Crippen molar-refractivity contribution in [3.05, 3.63) is 83.6 Å². The monoisotopic (exact) mass is 671 g/mol. The normalized spacial score (nSPS) is 17.8. The minimum absolute atomic E-state index is 0.0664. The van der Waals surface area contributed by atoms with Gasteiger partial charge in [-0.05, 0) is 6.07 Å². The standard InChI is InChI=1S/C33H36AsN6O5/c1-44-26-7-3-5-22(17-26)20-34-32(42)36-24-9-10-29-28(19-24)30(31(41)39-16-15-38-13-11-25(39)12-14-38)37-40(29)33(43)35-21-23-6-4-8-27(18-23)45-2/h3-10,17-19,25H,11-16,20-21H2,1-2H3,(H,35,43)(H,36,42). The van der Waals surface area contributed by atoms with Crippen molar-refractivity contribution >= 4 is 49.0 Å². The molecule has 12 heteroatoms. The molecule has 3 aliphatic heterocycles. The first kappa shape index (κ1) is 30.7. The SMILES string of the molecule is COc1cccc(CNC(=O)n2nc(C(=O)N3CCN4CCC3CC4)c3cc(NC(=O)[As]Cc4cccc(OC)c4)ccc32)c1. The van der Waals surface area contributed by atoms with Crippen LogP contribution in [-0.4, -0.2) is 98.4 Å². The van der Waals surface area contributed by atoms with Crippen molar-refractivity contribution in [2.24, 2.45) is 0 Å². The van der Waals surface area contributed by atoms with Crippen LogP contribution in [0.25, 0.3) is 10.9 Å². The number of methoxy groups -OCH3 is 2. The van der Waals surface area contributed by atoms with E-state index in [1.165, 1.54) is 4.68 Å². The third-order valence-electron chi connectivity index (χ3n) is 8.36. The van der Waals surface area contributed by atoms with Crippen LogP contribution >= 0.6 is 0 Å². The van der Waals surface area contributed by atoms with Crippen LogP contribution in [0.15, 0.2) is 66.7 Å². The maximum absolute atomic E-state index is 14.1. The number of amides is 3. The van der Waals surface area contributed by atoms with Gasteiger partial charge in [-0.15, -0.1) is 0 Å². The Hall–Kier alpha value is -4.34. The minimum atomic E-state index is -0.692. The van der Waals surface area contributed by atoms with Gasteiger partial charge in [0.15, 0.2) is 0 Å². The summed E-state index contributed by atoms with van der Waals surface area (Å²) in [6.45, 7) is 3.65. The van der Waals surface area contributed by atoms with Crippen molar-refractivity contribution in [1.29, 1.82) is 0 Å². The average Bonchev–Trinajstić information content (AvgIpc) is 3.19. The van der Waals surface area contributed by atoms with Gasteiger partial charge in [0.25, 0.3) is 0 Å². The van der Waals surface area contributed by atoms with E-state index in [2.05, 4.69) is 20.6 Å². The number of carbonyl (C=O) groups is 3. The maximum atomic E-state index is 14.1. The molecule has 0 unspecified atom stereocenters. The second kappa shape index (κ2) is 13.7. The molecule has 0 aliphatic carbocycles. The summed E-state index contributed by atoms with van der Waals surface area (Å²) in [5.41, 5.74) is 3.17. The third-order valence-corrected chi connectivity index (χ3v) is 10.3. The Morgan fingerprint density at radius 1 is 0.889 bits per heavy atom. The molecule has 2 N–H and O–H groups in total. The van der Waals surface area contributed by atoms with Crippen molar-refractivity contribution in [3.8, 4) is 11.5 Å². The van der Waals surface area contributed by atoms with Gasteiger partial charge >= 0.3 is 239 Å². The molecule has 233 valence electrons. The predicted octanol–water partition coefficient (Wildman–Crippen LogP) is 4.17. The third kappa shape index (κ3) is 7.00. The fourth-order valence-corrected chi connectivity index (χ4v) is 7.46. The van der Waals surface area contributed by atoms with Crippen LogP contribution in [0.2, 0.25) is 0 Å². The molecule has 1 aromatic heterocycles. The molecular formula is C33H36AsN6O5. The number of carbonyl (C=O) groups excluding carboxylic acids is 3. The number of aromatic nitrogens is 2. The molecule has 0 atom stereocenters. The van der Waals surface area contributed by atoms with Crippen LogP contribution in [0.3, 0.4) is 0 Å². The second-order valence-electron chi connectivity index (χ2n) is 11.2. The summed E-state index contributed by atoms with van der Waals surface area (Å²) in [4.78, 5) is 44.8. The van der Waals surface area contributed by atoms with Gasteiger partial charge in [-0.1, -0.05) is 6.07 Å². The summed E-state index contributed by atoms with van der Waals surface area (Å²) >= 11 is -0.692. The summed E-state index contributed by atoms with van der Waals surface area (Å²) in [6, 6.07) is 20.1. The van der Waals surface area contributed by atoms with E-state index in [-0.39, 0.29) is 28.9 Å². The number of fused-ring (bicyclic) bond motifs is 5. The zero-order valence-corrected chi connectivity index (χ0v) is 27.2. The molecule has 3 aliphatic rings. The molecule has 3 amide bonds. The van der Waals surface area contributed by atoms with Crippen molar-refractivity contribution in [2.75, 3.05) is 45.7 Å². The average molecular weight is 672 g/mol. The Kier molecular flexibility index (Phi) is 9.37. The van der Waals surface area contributed by atoms with E-state index in [1.54, 1.807) is 32.4 Å². The predicted molar refractivity (Wildman–Crippen MR) is 172 cm³/mol. The summed E-state index contributed by atoms with van der Waals surface area (Å²) in [6.07, 6.45) is 1.84. The van der Waals surface area contributed by atoms with Crippen LogP contribution in [0.5, 0.6) is 11.5 Å². The molecule has 0 saturated carbocycles. The van der Waals surface area contributed by atoms with Crippen LogP contribution in [-0.2, 0) is 11.8 Å². The van der Waals surface area contributed by atoms with Crippen LogP contribution in [0.1, 0.15) is 34.5 Å². The Morgan fingerprint density at radius 2 is 1.60 bits per heavy atom. The van der Waals surface area contributed by atoms with Gasteiger partial charge in [0.05, 0.1) is 7.11 Å². The van der Waals surface area contributed by atoms with Gasteiger partial charge in [0, 0.05) is 0 Å². The molecule has 3 saturated heterocycles. The van der Waals surface area contributed by atoms with Gasteiger partial charge in [0.2, 0.25) is 0 Å². The van der Waals surface area contributed by atoms with Crippen molar-refractivity contribution in [3.63, 3.8) is 0 Å². The molecular weight excluding hydrogens is 635 g/mol. The van der Waals surface area contributed by atoms with E-state index in [0.717, 1.165) is 49.4 Å². The van der Waals surface area contributed by atoms with Crippen LogP contribution in [0, 0.1) is 0 Å². The summed E-state index contributed by atoms with van der Waals surface area (Å²) in [5.74, 6) is 1.26. The first-order chi connectivity index (χ1) is 21.9.